The summed E-state index contributed by atoms with van der Waals surface area (Å²) in [5.41, 5.74) is 0.415. The Morgan fingerprint density at radius 1 is 1.15 bits per heavy atom. The number of rotatable bonds is 4. The minimum atomic E-state index is -0.709. The summed E-state index contributed by atoms with van der Waals surface area (Å²) < 4.78 is 27.4. The average molecular weight is 343 g/mol. The number of benzene rings is 2. The lowest BCUT2D eigenvalue weighted by Gasteiger charge is -2.09. The van der Waals surface area contributed by atoms with Gasteiger partial charge in [-0.15, -0.1) is 0 Å². The van der Waals surface area contributed by atoms with Gasteiger partial charge >= 0.3 is 0 Å². The van der Waals surface area contributed by atoms with Gasteiger partial charge in [0.05, 0.1) is 4.92 Å². The third-order valence-electron chi connectivity index (χ3n) is 2.62. The Labute approximate surface area is 121 Å². The minimum absolute atomic E-state index is 0.0326. The van der Waals surface area contributed by atoms with Gasteiger partial charge in [0.1, 0.15) is 17.3 Å². The molecule has 2 aromatic carbocycles. The number of nitrogens with one attached hydrogen (secondary N) is 1. The Morgan fingerprint density at radius 2 is 1.70 bits per heavy atom. The molecule has 0 saturated heterocycles. The number of non-ortho nitro benzene ring substituents is 1. The Balaban J connectivity index is 2.11. The molecule has 0 saturated carbocycles. The maximum atomic E-state index is 13.6. The van der Waals surface area contributed by atoms with Gasteiger partial charge in [-0.1, -0.05) is 28.1 Å². The van der Waals surface area contributed by atoms with Crippen molar-refractivity contribution >= 4 is 27.3 Å². The van der Waals surface area contributed by atoms with Crippen LogP contribution in [0.4, 0.5) is 20.2 Å². The molecule has 0 atom stereocenters. The zero-order valence-corrected chi connectivity index (χ0v) is 11.7. The second-order valence-corrected chi connectivity index (χ2v) is 4.94. The summed E-state index contributed by atoms with van der Waals surface area (Å²) in [6.45, 7) is 0.160. The van der Waals surface area contributed by atoms with Crippen molar-refractivity contribution < 1.29 is 13.7 Å². The Hall–Kier alpha value is -2.02. The SMILES string of the molecule is O=[N+]([O-])c1ccc(CNc2c(F)cc(Br)cc2F)cc1. The van der Waals surface area contributed by atoms with Crippen LogP contribution in [0, 0.1) is 21.7 Å². The third-order valence-corrected chi connectivity index (χ3v) is 3.08. The van der Waals surface area contributed by atoms with Crippen LogP contribution in [0.25, 0.3) is 0 Å². The lowest BCUT2D eigenvalue weighted by Crippen LogP contribution is -2.04. The van der Waals surface area contributed by atoms with Crippen LogP contribution in [-0.2, 0) is 6.54 Å². The van der Waals surface area contributed by atoms with E-state index in [4.69, 9.17) is 0 Å². The first-order valence-corrected chi connectivity index (χ1v) is 6.38. The zero-order chi connectivity index (χ0) is 14.7. The van der Waals surface area contributed by atoms with Gasteiger partial charge in [-0.05, 0) is 17.7 Å². The molecule has 20 heavy (non-hydrogen) atoms. The van der Waals surface area contributed by atoms with Crippen LogP contribution in [0.2, 0.25) is 0 Å². The highest BCUT2D eigenvalue weighted by molar-refractivity contribution is 9.10. The van der Waals surface area contributed by atoms with Gasteiger partial charge in [-0.3, -0.25) is 10.1 Å². The molecular weight excluding hydrogens is 334 g/mol. The molecule has 0 aliphatic heterocycles. The lowest BCUT2D eigenvalue weighted by molar-refractivity contribution is -0.384. The predicted molar refractivity (Wildman–Crippen MR) is 74.5 cm³/mol. The molecule has 0 radical (unpaired) electrons. The molecule has 4 nitrogen and oxygen atoms in total. The van der Waals surface area contributed by atoms with Crippen molar-refractivity contribution in [1.29, 1.82) is 0 Å². The van der Waals surface area contributed by atoms with Crippen molar-refractivity contribution in [2.75, 3.05) is 5.32 Å². The first kappa shape index (κ1) is 14.4. The van der Waals surface area contributed by atoms with Gasteiger partial charge in [0.15, 0.2) is 0 Å². The van der Waals surface area contributed by atoms with Gasteiger partial charge in [-0.2, -0.15) is 0 Å². The van der Waals surface area contributed by atoms with E-state index in [2.05, 4.69) is 21.2 Å². The predicted octanol–water partition coefficient (Wildman–Crippen LogP) is 4.25. The molecule has 0 bridgehead atoms. The Kier molecular flexibility index (Phi) is 4.29. The lowest BCUT2D eigenvalue weighted by atomic mass is 10.2. The van der Waals surface area contributed by atoms with E-state index in [9.17, 15) is 18.9 Å². The van der Waals surface area contributed by atoms with E-state index in [0.717, 1.165) is 12.1 Å². The number of hydrogen-bond donors (Lipinski definition) is 1. The van der Waals surface area contributed by atoms with Crippen LogP contribution < -0.4 is 5.32 Å². The molecule has 1 N–H and O–H groups in total. The molecular formula is C13H9BrF2N2O2. The smallest absolute Gasteiger partial charge is 0.269 e. The zero-order valence-electron chi connectivity index (χ0n) is 10.1. The van der Waals surface area contributed by atoms with Gasteiger partial charge in [-0.25, -0.2) is 8.78 Å². The number of nitro benzene ring substituents is 1. The number of nitro groups is 1. The number of hydrogen-bond acceptors (Lipinski definition) is 3. The summed E-state index contributed by atoms with van der Waals surface area (Å²) in [5.74, 6) is -1.42. The highest BCUT2D eigenvalue weighted by atomic mass is 79.9. The van der Waals surface area contributed by atoms with Gasteiger partial charge in [0, 0.05) is 23.2 Å². The van der Waals surface area contributed by atoms with Crippen LogP contribution in [-0.4, -0.2) is 4.92 Å². The quantitative estimate of drug-likeness (QED) is 0.667. The molecule has 2 rings (SSSR count). The summed E-state index contributed by atoms with van der Waals surface area (Å²) >= 11 is 2.99. The van der Waals surface area contributed by atoms with Crippen molar-refractivity contribution in [2.45, 2.75) is 6.54 Å². The summed E-state index contributed by atoms with van der Waals surface area (Å²) in [4.78, 5) is 9.99. The standard InChI is InChI=1S/C13H9BrF2N2O2/c14-9-5-11(15)13(12(16)6-9)17-7-8-1-3-10(4-2-8)18(19)20/h1-6,17H,7H2. The number of nitrogens with zero attached hydrogens (tertiary/aromatic N) is 1. The van der Waals surface area contributed by atoms with E-state index in [-0.39, 0.29) is 17.9 Å². The fraction of sp³-hybridized carbons (Fsp3) is 0.0769. The highest BCUT2D eigenvalue weighted by Gasteiger charge is 2.10. The van der Waals surface area contributed by atoms with Crippen LogP contribution in [0.3, 0.4) is 0 Å². The van der Waals surface area contributed by atoms with Gasteiger partial charge in [0.2, 0.25) is 0 Å². The van der Waals surface area contributed by atoms with Crippen molar-refractivity contribution in [3.05, 3.63) is 68.2 Å². The second kappa shape index (κ2) is 5.96. The van der Waals surface area contributed by atoms with Crippen molar-refractivity contribution in [3.63, 3.8) is 0 Å². The fourth-order valence-electron chi connectivity index (χ4n) is 1.64. The molecule has 2 aromatic rings. The Bertz CT molecular complexity index is 624. The molecule has 0 unspecified atom stereocenters. The molecule has 7 heteroatoms. The van der Waals surface area contributed by atoms with E-state index in [1.807, 2.05) is 0 Å². The van der Waals surface area contributed by atoms with Gasteiger partial charge < -0.3 is 5.32 Å². The van der Waals surface area contributed by atoms with E-state index in [1.165, 1.54) is 24.3 Å². The summed E-state index contributed by atoms with van der Waals surface area (Å²) in [7, 11) is 0. The largest absolute Gasteiger partial charge is 0.376 e. The molecule has 0 aliphatic carbocycles. The van der Waals surface area contributed by atoms with E-state index in [0.29, 0.717) is 10.0 Å². The van der Waals surface area contributed by atoms with E-state index < -0.39 is 16.6 Å². The first-order valence-electron chi connectivity index (χ1n) is 5.59. The van der Waals surface area contributed by atoms with Crippen LogP contribution in [0.5, 0.6) is 0 Å². The minimum Gasteiger partial charge on any atom is -0.376 e. The fourth-order valence-corrected chi connectivity index (χ4v) is 2.04. The second-order valence-electron chi connectivity index (χ2n) is 4.02. The van der Waals surface area contributed by atoms with Gasteiger partial charge in [0.25, 0.3) is 5.69 Å². The number of halogens is 3. The van der Waals surface area contributed by atoms with E-state index >= 15 is 0 Å². The summed E-state index contributed by atoms with van der Waals surface area (Å²) in [6, 6.07) is 8.04. The Morgan fingerprint density at radius 3 is 2.20 bits per heavy atom. The third kappa shape index (κ3) is 3.30. The summed E-state index contributed by atoms with van der Waals surface area (Å²) in [6.07, 6.45) is 0. The molecule has 0 aromatic heterocycles. The van der Waals surface area contributed by atoms with Crippen molar-refractivity contribution in [1.82, 2.24) is 0 Å². The van der Waals surface area contributed by atoms with Crippen LogP contribution in [0.1, 0.15) is 5.56 Å². The number of anilines is 1. The average Bonchev–Trinajstić information content (AvgIpc) is 2.38. The molecule has 0 amide bonds. The molecule has 104 valence electrons. The van der Waals surface area contributed by atoms with E-state index in [1.54, 1.807) is 0 Å². The molecule has 0 spiro atoms. The summed E-state index contributed by atoms with van der Waals surface area (Å²) in [5, 5.41) is 13.1. The monoisotopic (exact) mass is 342 g/mol. The van der Waals surface area contributed by atoms with Crippen LogP contribution >= 0.6 is 15.9 Å². The molecule has 0 aliphatic rings. The molecule has 0 fully saturated rings. The maximum absolute atomic E-state index is 13.6. The van der Waals surface area contributed by atoms with Crippen molar-refractivity contribution in [3.8, 4) is 0 Å². The van der Waals surface area contributed by atoms with Crippen LogP contribution in [0.15, 0.2) is 40.9 Å². The molecule has 0 heterocycles. The highest BCUT2D eigenvalue weighted by Crippen LogP contribution is 2.24. The van der Waals surface area contributed by atoms with Crippen molar-refractivity contribution in [2.24, 2.45) is 0 Å². The normalized spacial score (nSPS) is 10.3. The maximum Gasteiger partial charge on any atom is 0.269 e. The first-order chi connectivity index (χ1) is 9.47. The topological polar surface area (TPSA) is 55.2 Å².